The van der Waals surface area contributed by atoms with Gasteiger partial charge in [-0.05, 0) is 45.3 Å². The third-order valence-electron chi connectivity index (χ3n) is 4.71. The molecule has 0 spiro atoms. The van der Waals surface area contributed by atoms with Gasteiger partial charge in [0.15, 0.2) is 5.69 Å². The van der Waals surface area contributed by atoms with E-state index in [0.29, 0.717) is 16.2 Å². The molecule has 0 unspecified atom stereocenters. The predicted octanol–water partition coefficient (Wildman–Crippen LogP) is 2.97. The molecule has 0 bridgehead atoms. The number of hydrogen-bond acceptors (Lipinski definition) is 6. The lowest BCUT2D eigenvalue weighted by atomic mass is 9.79. The van der Waals surface area contributed by atoms with Crippen molar-refractivity contribution in [1.29, 1.82) is 0 Å². The maximum atomic E-state index is 12.4. The van der Waals surface area contributed by atoms with Gasteiger partial charge in [0, 0.05) is 0 Å². The van der Waals surface area contributed by atoms with Crippen molar-refractivity contribution in [3.8, 4) is 0 Å². The van der Waals surface area contributed by atoms with Crippen molar-refractivity contribution < 1.29 is 28.4 Å². The summed E-state index contributed by atoms with van der Waals surface area (Å²) in [6.07, 6.45) is -0.320. The fourth-order valence-electron chi connectivity index (χ4n) is 2.48. The van der Waals surface area contributed by atoms with E-state index in [9.17, 15) is 9.59 Å². The normalized spacial score (nSPS) is 17.4. The summed E-state index contributed by atoms with van der Waals surface area (Å²) in [4.78, 5) is 26.7. The average molecular weight is 408 g/mol. The van der Waals surface area contributed by atoms with Crippen LogP contribution in [-0.2, 0) is 9.31 Å². The van der Waals surface area contributed by atoms with Crippen molar-refractivity contribution in [1.82, 2.24) is 4.98 Å². The third kappa shape index (κ3) is 3.98. The van der Waals surface area contributed by atoms with E-state index in [1.807, 2.05) is 33.0 Å². The molecule has 1 aliphatic heterocycles. The number of carboxylic acid groups (broad SMARTS) is 1. The van der Waals surface area contributed by atoms with Crippen LogP contribution in [0, 0.1) is 0 Å². The quantitative estimate of drug-likeness (QED) is 0.666. The van der Waals surface area contributed by atoms with Crippen LogP contribution in [0.25, 0.3) is 0 Å². The minimum absolute atomic E-state index is 0.110. The minimum atomic E-state index is -1.35. The van der Waals surface area contributed by atoms with Crippen LogP contribution in [0.4, 0.5) is 16.5 Å². The Morgan fingerprint density at radius 2 is 1.79 bits per heavy atom. The Morgan fingerprint density at radius 3 is 2.39 bits per heavy atom. The maximum Gasteiger partial charge on any atom is 0.494 e. The summed E-state index contributed by atoms with van der Waals surface area (Å²) in [6.45, 7) is 7.77. The van der Waals surface area contributed by atoms with Crippen LogP contribution in [0.2, 0.25) is 5.02 Å². The van der Waals surface area contributed by atoms with Crippen molar-refractivity contribution in [2.75, 3.05) is 10.6 Å². The van der Waals surface area contributed by atoms with E-state index in [2.05, 4.69) is 10.3 Å². The number of oxazole rings is 1. The molecular weight excluding hydrogens is 388 g/mol. The fourth-order valence-corrected chi connectivity index (χ4v) is 2.64. The van der Waals surface area contributed by atoms with Crippen LogP contribution in [0.3, 0.4) is 0 Å². The van der Waals surface area contributed by atoms with E-state index in [1.54, 1.807) is 18.2 Å². The molecule has 1 fully saturated rings. The van der Waals surface area contributed by atoms with Crippen molar-refractivity contribution in [2.24, 2.45) is 0 Å². The summed E-state index contributed by atoms with van der Waals surface area (Å²) in [5.74, 6) is -0.616. The Bertz CT molecular complexity index is 913. The van der Waals surface area contributed by atoms with Gasteiger partial charge in [0.2, 0.25) is 0 Å². The molecule has 0 atom stereocenters. The third-order valence-corrected chi connectivity index (χ3v) is 5.04. The summed E-state index contributed by atoms with van der Waals surface area (Å²) in [6, 6.07) is 4.72. The number of halogens is 1. The van der Waals surface area contributed by atoms with Gasteiger partial charge >= 0.3 is 19.2 Å². The van der Waals surface area contributed by atoms with Crippen LogP contribution in [0.1, 0.15) is 38.2 Å². The topological polar surface area (TPSA) is 123 Å². The lowest BCUT2D eigenvalue weighted by molar-refractivity contribution is 0.00578. The Hall–Kier alpha value is -2.56. The average Bonchev–Trinajstić information content (AvgIpc) is 3.11. The molecule has 28 heavy (non-hydrogen) atoms. The first-order valence-electron chi connectivity index (χ1n) is 8.40. The second kappa shape index (κ2) is 7.12. The lowest BCUT2D eigenvalue weighted by Crippen LogP contribution is -2.41. The number of carbonyl (C=O) groups excluding carboxylic acids is 1. The first-order valence-corrected chi connectivity index (χ1v) is 8.78. The Labute approximate surface area is 166 Å². The Kier molecular flexibility index (Phi) is 5.13. The first-order chi connectivity index (χ1) is 13.0. The number of aromatic nitrogens is 1. The number of carbonyl (C=O) groups is 2. The van der Waals surface area contributed by atoms with Gasteiger partial charge in [-0.15, -0.1) is 0 Å². The largest absolute Gasteiger partial charge is 0.494 e. The first kappa shape index (κ1) is 20.2. The number of amides is 2. The van der Waals surface area contributed by atoms with E-state index in [-0.39, 0.29) is 11.7 Å². The molecule has 2 aromatic rings. The van der Waals surface area contributed by atoms with Gasteiger partial charge in [0.05, 0.1) is 21.9 Å². The number of anilines is 2. The fraction of sp³-hybridized carbons (Fsp3) is 0.353. The SMILES string of the molecule is CC1(C)OB(c2ccc(Cl)c(NC(=O)c3coc(NC(=O)O)n3)c2)OC1(C)C. The van der Waals surface area contributed by atoms with E-state index in [1.165, 1.54) is 0 Å². The highest BCUT2D eigenvalue weighted by Gasteiger charge is 2.51. The number of rotatable bonds is 4. The maximum absolute atomic E-state index is 12.4. The molecule has 3 rings (SSSR count). The standard InChI is InChI=1S/C17H19BClN3O6/c1-16(2)17(3,4)28-18(27-16)9-5-6-10(19)11(7-9)20-13(23)12-8-26-14(21-12)22-15(24)25/h5-8H,1-4H3,(H,20,23)(H,21,22)(H,24,25). The number of hydrogen-bond donors (Lipinski definition) is 3. The predicted molar refractivity (Wildman–Crippen MR) is 103 cm³/mol. The highest BCUT2D eigenvalue weighted by atomic mass is 35.5. The van der Waals surface area contributed by atoms with E-state index >= 15 is 0 Å². The molecule has 1 aliphatic rings. The summed E-state index contributed by atoms with van der Waals surface area (Å²) >= 11 is 6.19. The molecular formula is C17H19BClN3O6. The van der Waals surface area contributed by atoms with Crippen molar-refractivity contribution in [3.05, 3.63) is 35.2 Å². The molecule has 0 radical (unpaired) electrons. The molecule has 0 saturated carbocycles. The zero-order valence-electron chi connectivity index (χ0n) is 15.7. The molecule has 1 saturated heterocycles. The van der Waals surface area contributed by atoms with Crippen LogP contribution < -0.4 is 16.1 Å². The molecule has 2 amide bonds. The molecule has 0 aliphatic carbocycles. The van der Waals surface area contributed by atoms with E-state index < -0.39 is 30.3 Å². The second-order valence-corrected chi connectivity index (χ2v) is 7.66. The number of benzene rings is 1. The highest BCUT2D eigenvalue weighted by molar-refractivity contribution is 6.62. The van der Waals surface area contributed by atoms with Gasteiger partial charge in [0.1, 0.15) is 6.26 Å². The summed E-state index contributed by atoms with van der Waals surface area (Å²) < 4.78 is 16.9. The zero-order chi connectivity index (χ0) is 20.7. The van der Waals surface area contributed by atoms with Crippen molar-refractivity contribution in [2.45, 2.75) is 38.9 Å². The van der Waals surface area contributed by atoms with Gasteiger partial charge in [-0.25, -0.2) is 10.1 Å². The van der Waals surface area contributed by atoms with Gasteiger partial charge in [-0.2, -0.15) is 4.98 Å². The van der Waals surface area contributed by atoms with Crippen LogP contribution in [0.15, 0.2) is 28.9 Å². The van der Waals surface area contributed by atoms with Gasteiger partial charge in [-0.3, -0.25) is 4.79 Å². The highest BCUT2D eigenvalue weighted by Crippen LogP contribution is 2.36. The molecule has 11 heteroatoms. The summed E-state index contributed by atoms with van der Waals surface area (Å²) in [5.41, 5.74) is -0.105. The lowest BCUT2D eigenvalue weighted by Gasteiger charge is -2.32. The van der Waals surface area contributed by atoms with Gasteiger partial charge < -0.3 is 24.1 Å². The number of nitrogens with one attached hydrogen (secondary N) is 2. The molecule has 9 nitrogen and oxygen atoms in total. The van der Waals surface area contributed by atoms with Crippen LogP contribution in [0.5, 0.6) is 0 Å². The summed E-state index contributed by atoms with van der Waals surface area (Å²) in [5, 5.41) is 13.5. The monoisotopic (exact) mass is 407 g/mol. The van der Waals surface area contributed by atoms with Gasteiger partial charge in [0.25, 0.3) is 5.91 Å². The molecule has 1 aromatic carbocycles. The molecule has 2 heterocycles. The Balaban J connectivity index is 1.78. The van der Waals surface area contributed by atoms with Crippen molar-refractivity contribution >= 4 is 47.9 Å². The van der Waals surface area contributed by atoms with Gasteiger partial charge in [-0.1, -0.05) is 17.7 Å². The smallest absolute Gasteiger partial charge is 0.465 e. The van der Waals surface area contributed by atoms with E-state index in [0.717, 1.165) is 6.26 Å². The number of nitrogens with zero attached hydrogens (tertiary/aromatic N) is 1. The zero-order valence-corrected chi connectivity index (χ0v) is 16.5. The van der Waals surface area contributed by atoms with E-state index in [4.69, 9.17) is 30.4 Å². The molecule has 3 N–H and O–H groups in total. The van der Waals surface area contributed by atoms with Crippen molar-refractivity contribution in [3.63, 3.8) is 0 Å². The molecule has 1 aromatic heterocycles. The molecule has 148 valence electrons. The second-order valence-electron chi connectivity index (χ2n) is 7.25. The minimum Gasteiger partial charge on any atom is -0.465 e. The summed E-state index contributed by atoms with van der Waals surface area (Å²) in [7, 11) is -0.615. The van der Waals surface area contributed by atoms with Crippen LogP contribution in [-0.4, -0.2) is 40.4 Å². The van der Waals surface area contributed by atoms with Crippen LogP contribution >= 0.6 is 11.6 Å². The Morgan fingerprint density at radius 1 is 1.14 bits per heavy atom.